The summed E-state index contributed by atoms with van der Waals surface area (Å²) in [4.78, 5) is 2.20. The molecule has 0 spiro atoms. The van der Waals surface area contributed by atoms with E-state index in [0.717, 1.165) is 32.4 Å². The molecule has 0 radical (unpaired) electrons. The smallest absolute Gasteiger partial charge is 0.151 e. The van der Waals surface area contributed by atoms with Gasteiger partial charge in [-0.2, -0.15) is 0 Å². The zero-order valence-electron chi connectivity index (χ0n) is 10.4. The zero-order chi connectivity index (χ0) is 12.2. The molecule has 2 N–H and O–H groups in total. The standard InChI is InChI=1S/C11H24N2O2S/c1-10(4-3-6-12)8-13(2)11-5-7-16(14,15)9-11/h10-11H,3-9,12H2,1-2H3. The van der Waals surface area contributed by atoms with Crippen molar-refractivity contribution in [3.8, 4) is 0 Å². The molecule has 0 aromatic carbocycles. The maximum atomic E-state index is 11.4. The second-order valence-electron chi connectivity index (χ2n) is 5.03. The molecule has 0 saturated carbocycles. The average Bonchev–Trinajstić information content (AvgIpc) is 2.56. The summed E-state index contributed by atoms with van der Waals surface area (Å²) >= 11 is 0. The first-order valence-corrected chi connectivity index (χ1v) is 7.87. The normalized spacial score (nSPS) is 26.1. The van der Waals surface area contributed by atoms with Crippen LogP contribution in [0.15, 0.2) is 0 Å². The largest absolute Gasteiger partial charge is 0.330 e. The SMILES string of the molecule is CC(CCCN)CN(C)C1CCS(=O)(=O)C1. The van der Waals surface area contributed by atoms with Gasteiger partial charge in [-0.1, -0.05) is 6.92 Å². The van der Waals surface area contributed by atoms with Crippen LogP contribution >= 0.6 is 0 Å². The van der Waals surface area contributed by atoms with E-state index in [4.69, 9.17) is 5.73 Å². The van der Waals surface area contributed by atoms with E-state index in [2.05, 4.69) is 11.8 Å². The predicted octanol–water partition coefficient (Wildman–Crippen LogP) is 0.480. The van der Waals surface area contributed by atoms with Crippen molar-refractivity contribution in [3.63, 3.8) is 0 Å². The summed E-state index contributed by atoms with van der Waals surface area (Å²) in [5, 5.41) is 0. The number of rotatable bonds is 6. The third-order valence-corrected chi connectivity index (χ3v) is 5.08. The molecule has 1 saturated heterocycles. The lowest BCUT2D eigenvalue weighted by atomic mass is 10.0. The number of nitrogens with zero attached hydrogens (tertiary/aromatic N) is 1. The highest BCUT2D eigenvalue weighted by Crippen LogP contribution is 2.18. The molecule has 0 aromatic rings. The van der Waals surface area contributed by atoms with Gasteiger partial charge in [0, 0.05) is 12.6 Å². The Labute approximate surface area is 99.1 Å². The lowest BCUT2D eigenvalue weighted by Gasteiger charge is -2.26. The molecule has 1 aliphatic rings. The first-order valence-electron chi connectivity index (χ1n) is 6.05. The highest BCUT2D eigenvalue weighted by molar-refractivity contribution is 7.91. The summed E-state index contributed by atoms with van der Waals surface area (Å²) in [7, 11) is -0.723. The van der Waals surface area contributed by atoms with Crippen molar-refractivity contribution in [2.24, 2.45) is 11.7 Å². The lowest BCUT2D eigenvalue weighted by Crippen LogP contribution is -2.35. The van der Waals surface area contributed by atoms with E-state index in [9.17, 15) is 8.42 Å². The van der Waals surface area contributed by atoms with Gasteiger partial charge in [0.05, 0.1) is 11.5 Å². The maximum Gasteiger partial charge on any atom is 0.151 e. The monoisotopic (exact) mass is 248 g/mol. The quantitative estimate of drug-likeness (QED) is 0.742. The first-order chi connectivity index (χ1) is 7.44. The third kappa shape index (κ3) is 4.39. The van der Waals surface area contributed by atoms with Crippen molar-refractivity contribution in [2.75, 3.05) is 31.6 Å². The van der Waals surface area contributed by atoms with Gasteiger partial charge >= 0.3 is 0 Å². The van der Waals surface area contributed by atoms with Gasteiger partial charge in [0.15, 0.2) is 9.84 Å². The van der Waals surface area contributed by atoms with Crippen LogP contribution in [-0.2, 0) is 9.84 Å². The fourth-order valence-corrected chi connectivity index (χ4v) is 4.13. The summed E-state index contributed by atoms with van der Waals surface area (Å²) in [6, 6.07) is 0.227. The fraction of sp³-hybridized carbons (Fsp3) is 1.00. The van der Waals surface area contributed by atoms with Crippen molar-refractivity contribution < 1.29 is 8.42 Å². The average molecular weight is 248 g/mol. The molecule has 0 bridgehead atoms. The number of sulfone groups is 1. The molecule has 0 amide bonds. The molecule has 1 rings (SSSR count). The van der Waals surface area contributed by atoms with E-state index in [-0.39, 0.29) is 6.04 Å². The minimum atomic E-state index is -2.75. The topological polar surface area (TPSA) is 63.4 Å². The molecular formula is C11H24N2O2S. The Balaban J connectivity index is 2.33. The van der Waals surface area contributed by atoms with E-state index in [0.29, 0.717) is 17.4 Å². The highest BCUT2D eigenvalue weighted by Gasteiger charge is 2.30. The molecule has 5 heteroatoms. The van der Waals surface area contributed by atoms with E-state index in [1.165, 1.54) is 0 Å². The lowest BCUT2D eigenvalue weighted by molar-refractivity contribution is 0.222. The van der Waals surface area contributed by atoms with Crippen LogP contribution < -0.4 is 5.73 Å². The Morgan fingerprint density at radius 3 is 2.69 bits per heavy atom. The van der Waals surface area contributed by atoms with Gasteiger partial charge in [-0.3, -0.25) is 0 Å². The van der Waals surface area contributed by atoms with Crippen LogP contribution in [0.2, 0.25) is 0 Å². The minimum Gasteiger partial charge on any atom is -0.330 e. The highest BCUT2D eigenvalue weighted by atomic mass is 32.2. The second kappa shape index (κ2) is 5.98. The predicted molar refractivity (Wildman–Crippen MR) is 67.1 cm³/mol. The Bertz CT molecular complexity index is 303. The third-order valence-electron chi connectivity index (χ3n) is 3.33. The van der Waals surface area contributed by atoms with Gasteiger partial charge in [-0.05, 0) is 38.8 Å². The summed E-state index contributed by atoms with van der Waals surface area (Å²) in [5.74, 6) is 1.30. The van der Waals surface area contributed by atoms with Gasteiger partial charge < -0.3 is 10.6 Å². The van der Waals surface area contributed by atoms with Crippen molar-refractivity contribution in [3.05, 3.63) is 0 Å². The van der Waals surface area contributed by atoms with Crippen LogP contribution in [0.3, 0.4) is 0 Å². The van der Waals surface area contributed by atoms with Gasteiger partial charge in [0.25, 0.3) is 0 Å². The summed E-state index contributed by atoms with van der Waals surface area (Å²) in [5.41, 5.74) is 5.47. The molecule has 0 aliphatic carbocycles. The molecular weight excluding hydrogens is 224 g/mol. The molecule has 1 heterocycles. The summed E-state index contributed by atoms with van der Waals surface area (Å²) in [6.07, 6.45) is 2.97. The molecule has 2 atom stereocenters. The van der Waals surface area contributed by atoms with Crippen LogP contribution in [-0.4, -0.2) is 51.0 Å². The van der Waals surface area contributed by atoms with E-state index >= 15 is 0 Å². The van der Waals surface area contributed by atoms with Crippen LogP contribution in [0.1, 0.15) is 26.2 Å². The second-order valence-corrected chi connectivity index (χ2v) is 7.26. The number of hydrogen-bond donors (Lipinski definition) is 1. The Kier molecular flexibility index (Phi) is 5.21. The number of nitrogens with two attached hydrogens (primary N) is 1. The summed E-state index contributed by atoms with van der Waals surface area (Å²) < 4.78 is 22.7. The Morgan fingerprint density at radius 2 is 2.19 bits per heavy atom. The van der Waals surface area contributed by atoms with Gasteiger partial charge in [0.2, 0.25) is 0 Å². The van der Waals surface area contributed by atoms with E-state index in [1.54, 1.807) is 0 Å². The molecule has 96 valence electrons. The van der Waals surface area contributed by atoms with Crippen LogP contribution in [0.4, 0.5) is 0 Å². The fourth-order valence-electron chi connectivity index (χ4n) is 2.32. The van der Waals surface area contributed by atoms with Gasteiger partial charge in [-0.25, -0.2) is 8.42 Å². The zero-order valence-corrected chi connectivity index (χ0v) is 11.2. The van der Waals surface area contributed by atoms with Crippen molar-refractivity contribution in [1.82, 2.24) is 4.90 Å². The van der Waals surface area contributed by atoms with Gasteiger partial charge in [-0.15, -0.1) is 0 Å². The van der Waals surface area contributed by atoms with Crippen molar-refractivity contribution in [2.45, 2.75) is 32.2 Å². The Hall–Kier alpha value is -0.130. The maximum absolute atomic E-state index is 11.4. The Morgan fingerprint density at radius 1 is 1.50 bits per heavy atom. The minimum absolute atomic E-state index is 0.227. The van der Waals surface area contributed by atoms with Crippen LogP contribution in [0, 0.1) is 5.92 Å². The molecule has 0 aromatic heterocycles. The molecule has 16 heavy (non-hydrogen) atoms. The van der Waals surface area contributed by atoms with Gasteiger partial charge in [0.1, 0.15) is 0 Å². The van der Waals surface area contributed by atoms with Crippen LogP contribution in [0.5, 0.6) is 0 Å². The molecule has 4 nitrogen and oxygen atoms in total. The molecule has 1 aliphatic heterocycles. The number of hydrogen-bond acceptors (Lipinski definition) is 4. The molecule has 2 unspecified atom stereocenters. The van der Waals surface area contributed by atoms with Crippen LogP contribution in [0.25, 0.3) is 0 Å². The summed E-state index contributed by atoms with van der Waals surface area (Å²) in [6.45, 7) is 3.92. The van der Waals surface area contributed by atoms with E-state index < -0.39 is 9.84 Å². The van der Waals surface area contributed by atoms with Crippen molar-refractivity contribution >= 4 is 9.84 Å². The first kappa shape index (κ1) is 13.9. The molecule has 1 fully saturated rings. The van der Waals surface area contributed by atoms with Crippen molar-refractivity contribution in [1.29, 1.82) is 0 Å². The van der Waals surface area contributed by atoms with E-state index in [1.807, 2.05) is 7.05 Å².